The zero-order valence-corrected chi connectivity index (χ0v) is 7.52. The molecule has 0 aromatic heterocycles. The molecule has 1 aliphatic heterocycles. The van der Waals surface area contributed by atoms with Crippen molar-refractivity contribution in [3.63, 3.8) is 0 Å². The Morgan fingerprint density at radius 1 is 1.64 bits per heavy atom. The van der Waals surface area contributed by atoms with Crippen molar-refractivity contribution in [2.45, 2.75) is 33.2 Å². The molecule has 0 saturated heterocycles. The lowest BCUT2D eigenvalue weighted by Gasteiger charge is -2.21. The zero-order valence-electron chi connectivity index (χ0n) is 7.52. The first kappa shape index (κ1) is 8.47. The fraction of sp³-hybridized carbons (Fsp3) is 0.667. The van der Waals surface area contributed by atoms with Gasteiger partial charge in [0.1, 0.15) is 0 Å². The number of hydrogen-bond acceptors (Lipinski definition) is 2. The third kappa shape index (κ3) is 2.15. The highest BCUT2D eigenvalue weighted by atomic mass is 15.0. The van der Waals surface area contributed by atoms with E-state index in [0.717, 1.165) is 13.0 Å². The van der Waals surface area contributed by atoms with Crippen LogP contribution in [0.4, 0.5) is 0 Å². The van der Waals surface area contributed by atoms with Crippen LogP contribution in [0.3, 0.4) is 0 Å². The highest BCUT2D eigenvalue weighted by molar-refractivity contribution is 5.55. The van der Waals surface area contributed by atoms with Crippen LogP contribution in [0.15, 0.2) is 16.3 Å². The summed E-state index contributed by atoms with van der Waals surface area (Å²) < 4.78 is 0. The van der Waals surface area contributed by atoms with Crippen LogP contribution in [-0.2, 0) is 0 Å². The molecule has 0 aliphatic carbocycles. The molecule has 0 saturated carbocycles. The van der Waals surface area contributed by atoms with E-state index in [1.807, 2.05) is 13.1 Å². The van der Waals surface area contributed by atoms with Crippen LogP contribution in [0.1, 0.15) is 27.2 Å². The third-order valence-corrected chi connectivity index (χ3v) is 2.01. The number of hydrogen-bond donors (Lipinski definition) is 1. The van der Waals surface area contributed by atoms with Crippen molar-refractivity contribution < 1.29 is 0 Å². The predicted molar refractivity (Wildman–Crippen MR) is 48.9 cm³/mol. The second-order valence-corrected chi connectivity index (χ2v) is 3.10. The summed E-state index contributed by atoms with van der Waals surface area (Å²) in [5.41, 5.74) is 2.64. The molecule has 1 rings (SSSR count). The molecule has 0 unspecified atom stereocenters. The number of aliphatic imine (C=N–C) groups is 1. The molecule has 1 atom stereocenters. The molecule has 0 radical (unpaired) electrons. The first-order valence-electron chi connectivity index (χ1n) is 4.14. The minimum atomic E-state index is 0.616. The lowest BCUT2D eigenvalue weighted by molar-refractivity contribution is 0.536. The van der Waals surface area contributed by atoms with Crippen molar-refractivity contribution in [1.82, 2.24) is 5.32 Å². The van der Waals surface area contributed by atoms with Crippen LogP contribution in [-0.4, -0.2) is 18.8 Å². The normalized spacial score (nSPS) is 26.6. The Morgan fingerprint density at radius 3 is 2.91 bits per heavy atom. The van der Waals surface area contributed by atoms with E-state index in [4.69, 9.17) is 0 Å². The minimum absolute atomic E-state index is 0.616. The molecular weight excluding hydrogens is 136 g/mol. The van der Waals surface area contributed by atoms with Crippen LogP contribution in [0, 0.1) is 0 Å². The van der Waals surface area contributed by atoms with Gasteiger partial charge in [0.2, 0.25) is 0 Å². The van der Waals surface area contributed by atoms with Gasteiger partial charge in [0, 0.05) is 18.8 Å². The second-order valence-electron chi connectivity index (χ2n) is 3.10. The van der Waals surface area contributed by atoms with Gasteiger partial charge in [-0.2, -0.15) is 0 Å². The van der Waals surface area contributed by atoms with Gasteiger partial charge >= 0.3 is 0 Å². The summed E-state index contributed by atoms with van der Waals surface area (Å²) in [6, 6.07) is 0.616. The van der Waals surface area contributed by atoms with Gasteiger partial charge in [-0.15, -0.1) is 0 Å². The smallest absolute Gasteiger partial charge is 0.0527 e. The van der Waals surface area contributed by atoms with E-state index in [-0.39, 0.29) is 0 Å². The molecule has 0 aromatic carbocycles. The van der Waals surface area contributed by atoms with Crippen LogP contribution in [0.5, 0.6) is 0 Å². The molecule has 1 aliphatic rings. The molecule has 0 spiro atoms. The van der Waals surface area contributed by atoms with Crippen molar-refractivity contribution in [2.24, 2.45) is 4.99 Å². The topological polar surface area (TPSA) is 24.4 Å². The van der Waals surface area contributed by atoms with E-state index in [0.29, 0.717) is 6.04 Å². The lowest BCUT2D eigenvalue weighted by Crippen LogP contribution is -2.32. The summed E-state index contributed by atoms with van der Waals surface area (Å²) in [7, 11) is 0. The highest BCUT2D eigenvalue weighted by Crippen LogP contribution is 2.15. The minimum Gasteiger partial charge on any atom is -0.308 e. The van der Waals surface area contributed by atoms with Gasteiger partial charge in [0.05, 0.1) is 5.70 Å². The molecule has 2 heteroatoms. The van der Waals surface area contributed by atoms with Crippen LogP contribution in [0.2, 0.25) is 0 Å². The maximum absolute atomic E-state index is 4.29. The molecule has 1 N–H and O–H groups in total. The first-order chi connectivity index (χ1) is 5.24. The largest absolute Gasteiger partial charge is 0.308 e. The van der Waals surface area contributed by atoms with Gasteiger partial charge in [-0.05, 0) is 32.8 Å². The van der Waals surface area contributed by atoms with Gasteiger partial charge < -0.3 is 5.32 Å². The summed E-state index contributed by atoms with van der Waals surface area (Å²) in [5.74, 6) is 0. The molecule has 0 bridgehead atoms. The van der Waals surface area contributed by atoms with Gasteiger partial charge in [-0.1, -0.05) is 0 Å². The van der Waals surface area contributed by atoms with Gasteiger partial charge in [0.25, 0.3) is 0 Å². The average Bonchev–Trinajstić information content (AvgIpc) is 1.95. The van der Waals surface area contributed by atoms with E-state index in [1.54, 1.807) is 0 Å². The molecule has 0 amide bonds. The predicted octanol–water partition coefficient (Wildman–Crippen LogP) is 1.73. The summed E-state index contributed by atoms with van der Waals surface area (Å²) in [6.45, 7) is 7.26. The van der Waals surface area contributed by atoms with Crippen molar-refractivity contribution in [3.8, 4) is 0 Å². The Bertz CT molecular complexity index is 192. The Hall–Kier alpha value is -0.630. The molecule has 0 aromatic rings. The summed E-state index contributed by atoms with van der Waals surface area (Å²) in [6.07, 6.45) is 2.99. The lowest BCUT2D eigenvalue weighted by atomic mass is 10.0. The monoisotopic (exact) mass is 152 g/mol. The molecule has 2 nitrogen and oxygen atoms in total. The molecule has 11 heavy (non-hydrogen) atoms. The average molecular weight is 152 g/mol. The standard InChI is InChI=1S/C9H16N2/c1-4-10-9-6-11-8(3)5-7(9)2/h4,8,11H,5-6H2,1-3H3/t8-/m0/s1. The number of rotatable bonds is 1. The Kier molecular flexibility index (Phi) is 2.83. The Morgan fingerprint density at radius 2 is 2.36 bits per heavy atom. The van der Waals surface area contributed by atoms with E-state index in [1.165, 1.54) is 11.3 Å². The van der Waals surface area contributed by atoms with Gasteiger partial charge in [-0.3, -0.25) is 4.99 Å². The second kappa shape index (κ2) is 3.67. The number of nitrogens with zero attached hydrogens (tertiary/aromatic N) is 1. The van der Waals surface area contributed by atoms with Crippen molar-refractivity contribution in [1.29, 1.82) is 0 Å². The van der Waals surface area contributed by atoms with Crippen LogP contribution < -0.4 is 5.32 Å². The van der Waals surface area contributed by atoms with Crippen molar-refractivity contribution in [2.75, 3.05) is 6.54 Å². The fourth-order valence-electron chi connectivity index (χ4n) is 1.38. The summed E-state index contributed by atoms with van der Waals surface area (Å²) in [4.78, 5) is 4.29. The van der Waals surface area contributed by atoms with E-state index in [9.17, 15) is 0 Å². The maximum Gasteiger partial charge on any atom is 0.0527 e. The van der Waals surface area contributed by atoms with Gasteiger partial charge in [0.15, 0.2) is 0 Å². The van der Waals surface area contributed by atoms with Gasteiger partial charge in [-0.25, -0.2) is 0 Å². The first-order valence-corrected chi connectivity index (χ1v) is 4.14. The summed E-state index contributed by atoms with van der Waals surface area (Å²) >= 11 is 0. The van der Waals surface area contributed by atoms with Crippen LogP contribution in [0.25, 0.3) is 0 Å². The highest BCUT2D eigenvalue weighted by Gasteiger charge is 2.12. The quantitative estimate of drug-likeness (QED) is 0.568. The number of nitrogens with one attached hydrogen (secondary N) is 1. The van der Waals surface area contributed by atoms with Crippen molar-refractivity contribution in [3.05, 3.63) is 11.3 Å². The maximum atomic E-state index is 4.29. The molecular formula is C9H16N2. The molecule has 0 fully saturated rings. The summed E-state index contributed by atoms with van der Waals surface area (Å²) in [5, 5.41) is 3.38. The van der Waals surface area contributed by atoms with E-state index < -0.39 is 0 Å². The van der Waals surface area contributed by atoms with E-state index in [2.05, 4.69) is 24.2 Å². The zero-order chi connectivity index (χ0) is 8.27. The SMILES string of the molecule is CC=NC1=C(C)C[C@H](C)NC1. The molecule has 1 heterocycles. The Labute approximate surface area is 68.4 Å². The Balaban J connectivity index is 2.69. The third-order valence-electron chi connectivity index (χ3n) is 2.01. The van der Waals surface area contributed by atoms with E-state index >= 15 is 0 Å². The van der Waals surface area contributed by atoms with Crippen molar-refractivity contribution >= 4 is 6.21 Å². The van der Waals surface area contributed by atoms with Crippen LogP contribution >= 0.6 is 0 Å². The fourth-order valence-corrected chi connectivity index (χ4v) is 1.38. The molecule has 62 valence electrons.